The van der Waals surface area contributed by atoms with Gasteiger partial charge in [0.1, 0.15) is 0 Å². The summed E-state index contributed by atoms with van der Waals surface area (Å²) < 4.78 is 10.7. The van der Waals surface area contributed by atoms with E-state index in [9.17, 15) is 10.2 Å². The fourth-order valence-electron chi connectivity index (χ4n) is 2.92. The summed E-state index contributed by atoms with van der Waals surface area (Å²) in [6.45, 7) is 5.28. The first-order chi connectivity index (χ1) is 11.1. The molecule has 2 atom stereocenters. The molecule has 0 saturated carbocycles. The molecule has 0 spiro atoms. The highest BCUT2D eigenvalue weighted by Crippen LogP contribution is 2.34. The van der Waals surface area contributed by atoms with Crippen LogP contribution in [0.3, 0.4) is 0 Å². The molecule has 1 aliphatic rings. The van der Waals surface area contributed by atoms with Crippen LogP contribution < -0.4 is 4.74 Å². The van der Waals surface area contributed by atoms with Crippen LogP contribution in [-0.2, 0) is 6.54 Å². The number of aliphatic hydroxyl groups excluding tert-OH is 1. The third kappa shape index (κ3) is 3.46. The van der Waals surface area contributed by atoms with Crippen molar-refractivity contribution in [3.05, 3.63) is 35.5 Å². The minimum absolute atomic E-state index is 0.101. The Balaban J connectivity index is 1.79. The summed E-state index contributed by atoms with van der Waals surface area (Å²) in [5, 5.41) is 23.6. The lowest BCUT2D eigenvalue weighted by atomic mass is 10.1. The van der Waals surface area contributed by atoms with Crippen molar-refractivity contribution in [3.63, 3.8) is 0 Å². The van der Waals surface area contributed by atoms with E-state index in [1.807, 2.05) is 19.1 Å². The summed E-state index contributed by atoms with van der Waals surface area (Å²) in [6.07, 6.45) is 0.147. The van der Waals surface area contributed by atoms with Gasteiger partial charge >= 0.3 is 0 Å². The molecule has 1 saturated heterocycles. The zero-order chi connectivity index (χ0) is 16.4. The fourth-order valence-corrected chi connectivity index (χ4v) is 2.92. The van der Waals surface area contributed by atoms with Gasteiger partial charge in [-0.3, -0.25) is 4.90 Å². The molecule has 0 bridgehead atoms. The van der Waals surface area contributed by atoms with Crippen LogP contribution in [0.4, 0.5) is 0 Å². The van der Waals surface area contributed by atoms with Gasteiger partial charge in [-0.1, -0.05) is 11.2 Å². The molecule has 0 unspecified atom stereocenters. The molecule has 0 radical (unpaired) electrons. The van der Waals surface area contributed by atoms with E-state index in [2.05, 4.69) is 15.0 Å². The second kappa shape index (κ2) is 6.55. The number of ether oxygens (including phenoxy) is 1. The number of nitrogens with zero attached hydrogens (tertiary/aromatic N) is 3. The minimum atomic E-state index is -0.421. The molecule has 23 heavy (non-hydrogen) atoms. The fraction of sp³-hybridized carbons (Fsp3) is 0.500. The largest absolute Gasteiger partial charge is 0.504 e. The Kier molecular flexibility index (Phi) is 4.49. The normalized spacial score (nSPS) is 21.7. The summed E-state index contributed by atoms with van der Waals surface area (Å²) in [7, 11) is 0. The van der Waals surface area contributed by atoms with Gasteiger partial charge in [0, 0.05) is 13.1 Å². The lowest BCUT2D eigenvalue weighted by Gasteiger charge is -2.21. The van der Waals surface area contributed by atoms with E-state index in [-0.39, 0.29) is 11.8 Å². The average molecular weight is 319 g/mol. The molecule has 2 aromatic rings. The highest BCUT2D eigenvalue weighted by molar-refractivity contribution is 5.41. The quantitative estimate of drug-likeness (QED) is 0.868. The third-order valence-corrected chi connectivity index (χ3v) is 3.92. The molecule has 124 valence electrons. The van der Waals surface area contributed by atoms with Gasteiger partial charge in [-0.25, -0.2) is 0 Å². The Hall–Kier alpha value is -2.12. The molecule has 3 rings (SSSR count). The van der Waals surface area contributed by atoms with Crippen molar-refractivity contribution >= 4 is 0 Å². The number of hydrogen-bond donors (Lipinski definition) is 2. The number of aryl methyl sites for hydroxylation is 1. The van der Waals surface area contributed by atoms with Crippen LogP contribution in [0.15, 0.2) is 22.7 Å². The van der Waals surface area contributed by atoms with Crippen LogP contribution in [0.5, 0.6) is 11.5 Å². The maximum Gasteiger partial charge on any atom is 0.244 e. The summed E-state index contributed by atoms with van der Waals surface area (Å²) in [6, 6.07) is 5.19. The van der Waals surface area contributed by atoms with Gasteiger partial charge in [-0.15, -0.1) is 0 Å². The third-order valence-electron chi connectivity index (χ3n) is 3.92. The topological polar surface area (TPSA) is 91.9 Å². The maximum absolute atomic E-state index is 10.0. The SMILES string of the molecule is CCOc1cc(CN2C[C@H](O)C[C@@H]2c2nc(C)no2)ccc1O. The Labute approximate surface area is 134 Å². The van der Waals surface area contributed by atoms with Gasteiger partial charge in [-0.05, 0) is 38.0 Å². The molecule has 2 heterocycles. The first-order valence-corrected chi connectivity index (χ1v) is 7.73. The van der Waals surface area contributed by atoms with Gasteiger partial charge in [-0.2, -0.15) is 4.98 Å². The molecule has 7 heteroatoms. The molecule has 1 aliphatic heterocycles. The summed E-state index contributed by atoms with van der Waals surface area (Å²) in [5.41, 5.74) is 0.988. The van der Waals surface area contributed by atoms with Crippen LogP contribution in [0.1, 0.15) is 36.7 Å². The van der Waals surface area contributed by atoms with Crippen molar-refractivity contribution in [1.82, 2.24) is 15.0 Å². The molecule has 1 aromatic heterocycles. The number of likely N-dealkylation sites (tertiary alicyclic amines) is 1. The number of aromatic nitrogens is 2. The second-order valence-electron chi connectivity index (χ2n) is 5.75. The highest BCUT2D eigenvalue weighted by atomic mass is 16.5. The highest BCUT2D eigenvalue weighted by Gasteiger charge is 2.35. The van der Waals surface area contributed by atoms with Gasteiger partial charge in [0.15, 0.2) is 17.3 Å². The second-order valence-corrected chi connectivity index (χ2v) is 5.75. The molecular weight excluding hydrogens is 298 g/mol. The van der Waals surface area contributed by atoms with Crippen LogP contribution in [0.25, 0.3) is 0 Å². The first-order valence-electron chi connectivity index (χ1n) is 7.73. The lowest BCUT2D eigenvalue weighted by molar-refractivity contribution is 0.169. The van der Waals surface area contributed by atoms with Gasteiger partial charge in [0.2, 0.25) is 5.89 Å². The van der Waals surface area contributed by atoms with Crippen molar-refractivity contribution in [1.29, 1.82) is 0 Å². The Morgan fingerprint density at radius 2 is 2.26 bits per heavy atom. The van der Waals surface area contributed by atoms with E-state index in [1.54, 1.807) is 13.0 Å². The van der Waals surface area contributed by atoms with Gasteiger partial charge in [0.25, 0.3) is 0 Å². The zero-order valence-electron chi connectivity index (χ0n) is 13.3. The minimum Gasteiger partial charge on any atom is -0.504 e. The number of β-amino-alcohol motifs (C(OH)–C–C–N with tert-alkyl or cyclic N) is 1. The molecule has 0 aliphatic carbocycles. The first kappa shape index (κ1) is 15.8. The summed E-state index contributed by atoms with van der Waals surface area (Å²) in [5.74, 6) is 1.71. The van der Waals surface area contributed by atoms with Crippen LogP contribution in [0, 0.1) is 6.92 Å². The van der Waals surface area contributed by atoms with E-state index in [0.29, 0.717) is 43.6 Å². The molecule has 0 amide bonds. The number of hydrogen-bond acceptors (Lipinski definition) is 7. The van der Waals surface area contributed by atoms with Gasteiger partial charge in [0.05, 0.1) is 18.8 Å². The number of phenols is 1. The van der Waals surface area contributed by atoms with E-state index in [0.717, 1.165) is 5.56 Å². The molecule has 1 fully saturated rings. The monoisotopic (exact) mass is 319 g/mol. The smallest absolute Gasteiger partial charge is 0.244 e. The Bertz CT molecular complexity index is 673. The van der Waals surface area contributed by atoms with Crippen molar-refractivity contribution in [3.8, 4) is 11.5 Å². The number of benzene rings is 1. The van der Waals surface area contributed by atoms with Crippen LogP contribution in [-0.4, -0.2) is 44.5 Å². The van der Waals surface area contributed by atoms with E-state index in [1.165, 1.54) is 0 Å². The van der Waals surface area contributed by atoms with E-state index >= 15 is 0 Å². The van der Waals surface area contributed by atoms with Crippen molar-refractivity contribution < 1.29 is 19.5 Å². The van der Waals surface area contributed by atoms with Crippen molar-refractivity contribution in [2.24, 2.45) is 0 Å². The predicted molar refractivity (Wildman–Crippen MR) is 82.1 cm³/mol. The number of phenolic OH excluding ortho intramolecular Hbond substituents is 1. The predicted octanol–water partition coefficient (Wildman–Crippen LogP) is 1.79. The van der Waals surface area contributed by atoms with Crippen molar-refractivity contribution in [2.75, 3.05) is 13.2 Å². The standard InChI is InChI=1S/C16H21N3O4/c1-3-22-15-6-11(4-5-14(15)21)8-19-9-12(20)7-13(19)16-17-10(2)18-23-16/h4-6,12-13,20-21H,3,7-9H2,1-2H3/t12-,13-/m1/s1. The Morgan fingerprint density at radius 3 is 2.96 bits per heavy atom. The van der Waals surface area contributed by atoms with Crippen molar-refractivity contribution in [2.45, 2.75) is 39.0 Å². The summed E-state index contributed by atoms with van der Waals surface area (Å²) in [4.78, 5) is 6.38. The van der Waals surface area contributed by atoms with Crippen LogP contribution in [0.2, 0.25) is 0 Å². The molecular formula is C16H21N3O4. The summed E-state index contributed by atoms with van der Waals surface area (Å²) >= 11 is 0. The number of aliphatic hydroxyl groups is 1. The van der Waals surface area contributed by atoms with E-state index in [4.69, 9.17) is 9.26 Å². The maximum atomic E-state index is 10.0. The lowest BCUT2D eigenvalue weighted by Crippen LogP contribution is -2.24. The molecule has 7 nitrogen and oxygen atoms in total. The van der Waals surface area contributed by atoms with Gasteiger partial charge < -0.3 is 19.5 Å². The molecule has 1 aromatic carbocycles. The number of aromatic hydroxyl groups is 1. The van der Waals surface area contributed by atoms with Crippen LogP contribution >= 0.6 is 0 Å². The zero-order valence-corrected chi connectivity index (χ0v) is 13.3. The average Bonchev–Trinajstić information content (AvgIpc) is 3.09. The number of rotatable bonds is 5. The Morgan fingerprint density at radius 1 is 1.43 bits per heavy atom. The molecule has 2 N–H and O–H groups in total. The van der Waals surface area contributed by atoms with E-state index < -0.39 is 6.10 Å².